The van der Waals surface area contributed by atoms with E-state index in [1.807, 2.05) is 4.90 Å². The Morgan fingerprint density at radius 2 is 2.43 bits per heavy atom. The minimum atomic E-state index is 0.0496. The first-order valence-corrected chi connectivity index (χ1v) is 5.52. The molecule has 1 aliphatic rings. The van der Waals surface area contributed by atoms with Crippen LogP contribution in [-0.4, -0.2) is 36.6 Å². The number of rotatable bonds is 3. The largest absolute Gasteiger partial charge is 0.338 e. The van der Waals surface area contributed by atoms with E-state index >= 15 is 0 Å². The summed E-state index contributed by atoms with van der Waals surface area (Å²) < 4.78 is 0. The maximum Gasteiger partial charge on any atom is 0.317 e. The molecule has 1 atom stereocenters. The Labute approximate surface area is 85.8 Å². The van der Waals surface area contributed by atoms with E-state index in [0.717, 1.165) is 38.8 Å². The molecule has 1 rings (SSSR count). The molecule has 0 radical (unpaired) electrons. The van der Waals surface area contributed by atoms with Crippen LogP contribution in [0.2, 0.25) is 0 Å². The fraction of sp³-hybridized carbons (Fsp3) is 0.900. The van der Waals surface area contributed by atoms with E-state index in [-0.39, 0.29) is 12.1 Å². The first-order chi connectivity index (χ1) is 6.74. The minimum absolute atomic E-state index is 0.0496. The molecule has 82 valence electrons. The molecule has 0 aromatic carbocycles. The van der Waals surface area contributed by atoms with Gasteiger partial charge < -0.3 is 16.0 Å². The summed E-state index contributed by atoms with van der Waals surface area (Å²) in [4.78, 5) is 13.4. The lowest BCUT2D eigenvalue weighted by molar-refractivity contribution is 0.180. The number of nitrogens with one attached hydrogen (secondary N) is 1. The lowest BCUT2D eigenvalue weighted by Crippen LogP contribution is -2.49. The normalized spacial score (nSPS) is 22.1. The molecule has 0 aromatic heterocycles. The molecule has 4 nitrogen and oxygen atoms in total. The predicted molar refractivity (Wildman–Crippen MR) is 57.1 cm³/mol. The lowest BCUT2D eigenvalue weighted by Gasteiger charge is -2.30. The molecule has 2 amide bonds. The van der Waals surface area contributed by atoms with Crippen LogP contribution in [-0.2, 0) is 0 Å². The molecule has 0 aromatic rings. The summed E-state index contributed by atoms with van der Waals surface area (Å²) in [6, 6.07) is 0.217. The third-order valence-corrected chi connectivity index (χ3v) is 2.55. The van der Waals surface area contributed by atoms with E-state index < -0.39 is 0 Å². The van der Waals surface area contributed by atoms with Crippen molar-refractivity contribution in [1.29, 1.82) is 0 Å². The Kier molecular flexibility index (Phi) is 4.73. The zero-order valence-electron chi connectivity index (χ0n) is 8.96. The lowest BCUT2D eigenvalue weighted by atomic mass is 10.1. The van der Waals surface area contributed by atoms with Crippen LogP contribution in [0.15, 0.2) is 0 Å². The van der Waals surface area contributed by atoms with Gasteiger partial charge in [0.2, 0.25) is 0 Å². The molecule has 1 aliphatic heterocycles. The fourth-order valence-electron chi connectivity index (χ4n) is 1.68. The van der Waals surface area contributed by atoms with Gasteiger partial charge in [-0.3, -0.25) is 0 Å². The van der Waals surface area contributed by atoms with Gasteiger partial charge in [-0.25, -0.2) is 4.79 Å². The average molecular weight is 199 g/mol. The minimum Gasteiger partial charge on any atom is -0.338 e. The highest BCUT2D eigenvalue weighted by Crippen LogP contribution is 2.07. The van der Waals surface area contributed by atoms with Gasteiger partial charge in [0.25, 0.3) is 0 Å². The van der Waals surface area contributed by atoms with Crippen molar-refractivity contribution in [3.8, 4) is 0 Å². The van der Waals surface area contributed by atoms with Crippen LogP contribution >= 0.6 is 0 Å². The third kappa shape index (κ3) is 3.54. The number of carbonyl (C=O) groups is 1. The molecule has 0 aliphatic carbocycles. The molecule has 4 heteroatoms. The van der Waals surface area contributed by atoms with E-state index in [0.29, 0.717) is 6.54 Å². The maximum atomic E-state index is 11.6. The zero-order valence-corrected chi connectivity index (χ0v) is 8.96. The number of hydrogen-bond acceptors (Lipinski definition) is 2. The second-order valence-corrected chi connectivity index (χ2v) is 3.93. The van der Waals surface area contributed by atoms with Crippen molar-refractivity contribution in [2.24, 2.45) is 5.73 Å². The standard InChI is InChI=1S/C10H21N3O/c1-2-3-6-12-10(14)13-7-4-5-9(11)8-13/h9H,2-8,11H2,1H3,(H,12,14)/t9-/m1/s1. The quantitative estimate of drug-likeness (QED) is 0.664. The van der Waals surface area contributed by atoms with Crippen LogP contribution in [0.4, 0.5) is 4.79 Å². The summed E-state index contributed by atoms with van der Waals surface area (Å²) in [6.07, 6.45) is 4.23. The summed E-state index contributed by atoms with van der Waals surface area (Å²) >= 11 is 0. The predicted octanol–water partition coefficient (Wildman–Crippen LogP) is 0.919. The highest BCUT2D eigenvalue weighted by atomic mass is 16.2. The van der Waals surface area contributed by atoms with E-state index in [2.05, 4.69) is 12.2 Å². The highest BCUT2D eigenvalue weighted by Gasteiger charge is 2.20. The zero-order chi connectivity index (χ0) is 10.4. The van der Waals surface area contributed by atoms with E-state index in [1.54, 1.807) is 0 Å². The van der Waals surface area contributed by atoms with Gasteiger partial charge in [-0.2, -0.15) is 0 Å². The van der Waals surface area contributed by atoms with E-state index in [9.17, 15) is 4.79 Å². The van der Waals surface area contributed by atoms with Gasteiger partial charge in [-0.15, -0.1) is 0 Å². The number of carbonyl (C=O) groups excluding carboxylic acids is 1. The smallest absolute Gasteiger partial charge is 0.317 e. The molecule has 3 N–H and O–H groups in total. The first kappa shape index (κ1) is 11.3. The number of unbranched alkanes of at least 4 members (excludes halogenated alkanes) is 1. The number of nitrogens with two attached hydrogens (primary N) is 1. The van der Waals surface area contributed by atoms with Crippen molar-refractivity contribution in [3.05, 3.63) is 0 Å². The molecule has 1 heterocycles. The summed E-state index contributed by atoms with van der Waals surface area (Å²) in [5.41, 5.74) is 5.80. The molecule has 0 saturated carbocycles. The van der Waals surface area contributed by atoms with E-state index in [4.69, 9.17) is 5.73 Å². The Hall–Kier alpha value is -0.770. The van der Waals surface area contributed by atoms with Crippen LogP contribution in [0, 0.1) is 0 Å². The van der Waals surface area contributed by atoms with Crippen LogP contribution < -0.4 is 11.1 Å². The van der Waals surface area contributed by atoms with Crippen LogP contribution in [0.5, 0.6) is 0 Å². The molecule has 1 saturated heterocycles. The topological polar surface area (TPSA) is 58.4 Å². The van der Waals surface area contributed by atoms with Crippen molar-refractivity contribution in [2.45, 2.75) is 38.6 Å². The van der Waals surface area contributed by atoms with Crippen molar-refractivity contribution >= 4 is 6.03 Å². The molecular weight excluding hydrogens is 178 g/mol. The number of amides is 2. The Balaban J connectivity index is 2.22. The molecule has 0 bridgehead atoms. The summed E-state index contributed by atoms with van der Waals surface area (Å²) in [7, 11) is 0. The number of urea groups is 1. The van der Waals surface area contributed by atoms with Crippen molar-refractivity contribution in [2.75, 3.05) is 19.6 Å². The molecular formula is C10H21N3O. The molecule has 1 fully saturated rings. The van der Waals surface area contributed by atoms with E-state index in [1.165, 1.54) is 0 Å². The summed E-state index contributed by atoms with van der Waals surface area (Å²) in [5, 5.41) is 2.91. The van der Waals surface area contributed by atoms with Gasteiger partial charge in [0.05, 0.1) is 0 Å². The number of piperidine rings is 1. The Bertz CT molecular complexity index is 184. The second kappa shape index (κ2) is 5.86. The van der Waals surface area contributed by atoms with Crippen molar-refractivity contribution in [1.82, 2.24) is 10.2 Å². The van der Waals surface area contributed by atoms with Gasteiger partial charge in [0, 0.05) is 25.7 Å². The number of hydrogen-bond donors (Lipinski definition) is 2. The summed E-state index contributed by atoms with van der Waals surface area (Å²) in [5.74, 6) is 0. The first-order valence-electron chi connectivity index (χ1n) is 5.52. The van der Waals surface area contributed by atoms with Gasteiger partial charge in [-0.1, -0.05) is 13.3 Å². The average Bonchev–Trinajstić information content (AvgIpc) is 2.18. The van der Waals surface area contributed by atoms with Gasteiger partial charge in [0.1, 0.15) is 0 Å². The number of likely N-dealkylation sites (tertiary alicyclic amines) is 1. The fourth-order valence-corrected chi connectivity index (χ4v) is 1.68. The highest BCUT2D eigenvalue weighted by molar-refractivity contribution is 5.74. The third-order valence-electron chi connectivity index (χ3n) is 2.55. The maximum absolute atomic E-state index is 11.6. The van der Waals surface area contributed by atoms with Gasteiger partial charge in [-0.05, 0) is 19.3 Å². The number of nitrogens with zero attached hydrogens (tertiary/aromatic N) is 1. The molecule has 14 heavy (non-hydrogen) atoms. The second-order valence-electron chi connectivity index (χ2n) is 3.93. The van der Waals surface area contributed by atoms with Crippen LogP contribution in [0.25, 0.3) is 0 Å². The monoisotopic (exact) mass is 199 g/mol. The van der Waals surface area contributed by atoms with Crippen molar-refractivity contribution in [3.63, 3.8) is 0 Å². The molecule has 0 spiro atoms. The van der Waals surface area contributed by atoms with Gasteiger partial charge >= 0.3 is 6.03 Å². The summed E-state index contributed by atoms with van der Waals surface area (Å²) in [6.45, 7) is 4.45. The Morgan fingerprint density at radius 1 is 1.64 bits per heavy atom. The van der Waals surface area contributed by atoms with Crippen LogP contribution in [0.1, 0.15) is 32.6 Å². The van der Waals surface area contributed by atoms with Crippen molar-refractivity contribution < 1.29 is 4.79 Å². The Morgan fingerprint density at radius 3 is 3.07 bits per heavy atom. The molecule has 0 unspecified atom stereocenters. The van der Waals surface area contributed by atoms with Crippen LogP contribution in [0.3, 0.4) is 0 Å². The van der Waals surface area contributed by atoms with Gasteiger partial charge in [0.15, 0.2) is 0 Å². The SMILES string of the molecule is CCCCNC(=O)N1CCC[C@@H](N)C1.